The molecule has 156 valence electrons. The van der Waals surface area contributed by atoms with Crippen LogP contribution in [0.3, 0.4) is 0 Å². The van der Waals surface area contributed by atoms with Crippen molar-refractivity contribution in [2.24, 2.45) is 0 Å². The lowest BCUT2D eigenvalue weighted by Gasteiger charge is -2.11. The molecule has 0 spiro atoms. The van der Waals surface area contributed by atoms with Crippen LogP contribution in [0.2, 0.25) is 0 Å². The van der Waals surface area contributed by atoms with E-state index in [1.54, 1.807) is 48.7 Å². The molecule has 0 radical (unpaired) electrons. The number of sulfonamides is 1. The van der Waals surface area contributed by atoms with E-state index in [0.29, 0.717) is 24.0 Å². The molecule has 6 nitrogen and oxygen atoms in total. The van der Waals surface area contributed by atoms with Crippen molar-refractivity contribution in [1.29, 1.82) is 0 Å². The van der Waals surface area contributed by atoms with E-state index in [1.807, 2.05) is 30.3 Å². The highest BCUT2D eigenvalue weighted by Crippen LogP contribution is 2.23. The molecule has 4 aromatic rings. The van der Waals surface area contributed by atoms with Gasteiger partial charge in [0.15, 0.2) is 0 Å². The summed E-state index contributed by atoms with van der Waals surface area (Å²) in [5.41, 5.74) is 3.12. The number of carboxylic acid groups (broad SMARTS) is 1. The van der Waals surface area contributed by atoms with Crippen LogP contribution in [0.15, 0.2) is 90.0 Å². The summed E-state index contributed by atoms with van der Waals surface area (Å²) in [6.45, 7) is 0. The number of hydrogen-bond donors (Lipinski definition) is 2. The molecular weight excluding hydrogens is 412 g/mol. The van der Waals surface area contributed by atoms with Gasteiger partial charge in [-0.25, -0.2) is 13.2 Å². The van der Waals surface area contributed by atoms with Gasteiger partial charge in [-0.3, -0.25) is 9.71 Å². The maximum Gasteiger partial charge on any atom is 0.335 e. The number of benzene rings is 3. The molecule has 0 unspecified atom stereocenters. The molecule has 7 heteroatoms. The first-order valence-electron chi connectivity index (χ1n) is 9.70. The largest absolute Gasteiger partial charge is 0.478 e. The molecule has 0 aliphatic carbocycles. The average molecular weight is 433 g/mol. The third-order valence-corrected chi connectivity index (χ3v) is 6.38. The summed E-state index contributed by atoms with van der Waals surface area (Å²) >= 11 is 0. The summed E-state index contributed by atoms with van der Waals surface area (Å²) in [6.07, 6.45) is 2.97. The third-order valence-electron chi connectivity index (χ3n) is 4.97. The monoisotopic (exact) mass is 432 g/mol. The summed E-state index contributed by atoms with van der Waals surface area (Å²) in [4.78, 5) is 15.4. The van der Waals surface area contributed by atoms with Gasteiger partial charge in [0, 0.05) is 17.3 Å². The van der Waals surface area contributed by atoms with E-state index in [-0.39, 0.29) is 10.5 Å². The Morgan fingerprint density at radius 2 is 1.58 bits per heavy atom. The molecule has 1 heterocycles. The molecule has 0 fully saturated rings. The van der Waals surface area contributed by atoms with Gasteiger partial charge in [-0.05, 0) is 60.4 Å². The molecule has 0 amide bonds. The number of aryl methyl sites for hydroxylation is 2. The number of anilines is 1. The first-order valence-corrected chi connectivity index (χ1v) is 11.2. The van der Waals surface area contributed by atoms with E-state index < -0.39 is 16.0 Å². The molecule has 0 atom stereocenters. The molecular formula is C24H20N2O4S. The van der Waals surface area contributed by atoms with Gasteiger partial charge in [0.2, 0.25) is 0 Å². The molecule has 0 bridgehead atoms. The Morgan fingerprint density at radius 1 is 0.871 bits per heavy atom. The lowest BCUT2D eigenvalue weighted by Crippen LogP contribution is -2.13. The smallest absolute Gasteiger partial charge is 0.335 e. The number of para-hydroxylation sites is 1. The second kappa shape index (κ2) is 8.57. The Kier molecular flexibility index (Phi) is 5.68. The van der Waals surface area contributed by atoms with Crippen LogP contribution in [-0.4, -0.2) is 24.5 Å². The van der Waals surface area contributed by atoms with Crippen LogP contribution in [0.4, 0.5) is 5.69 Å². The topological polar surface area (TPSA) is 96.4 Å². The lowest BCUT2D eigenvalue weighted by atomic mass is 10.0. The Hall–Kier alpha value is -3.71. The number of pyridine rings is 1. The van der Waals surface area contributed by atoms with Gasteiger partial charge >= 0.3 is 5.97 Å². The first-order chi connectivity index (χ1) is 14.9. The van der Waals surface area contributed by atoms with E-state index in [4.69, 9.17) is 5.11 Å². The number of rotatable bonds is 7. The van der Waals surface area contributed by atoms with Crippen LogP contribution in [0.5, 0.6) is 0 Å². The highest BCUT2D eigenvalue weighted by molar-refractivity contribution is 7.93. The van der Waals surface area contributed by atoms with Crippen molar-refractivity contribution in [3.8, 4) is 0 Å². The maximum atomic E-state index is 12.9. The zero-order valence-electron chi connectivity index (χ0n) is 16.5. The molecule has 1 aromatic heterocycles. The Labute approximate surface area is 180 Å². The number of carbonyl (C=O) groups is 1. The zero-order valence-corrected chi connectivity index (χ0v) is 17.3. The van der Waals surface area contributed by atoms with Crippen LogP contribution < -0.4 is 4.72 Å². The first kappa shape index (κ1) is 20.6. The number of aromatic nitrogens is 1. The van der Waals surface area contributed by atoms with Gasteiger partial charge in [0.25, 0.3) is 10.0 Å². The van der Waals surface area contributed by atoms with Crippen molar-refractivity contribution in [3.05, 3.63) is 102 Å². The zero-order chi connectivity index (χ0) is 21.8. The van der Waals surface area contributed by atoms with Crippen molar-refractivity contribution < 1.29 is 18.3 Å². The predicted octanol–water partition coefficient (Wildman–Crippen LogP) is 4.52. The van der Waals surface area contributed by atoms with Gasteiger partial charge < -0.3 is 5.11 Å². The summed E-state index contributed by atoms with van der Waals surface area (Å²) in [7, 11) is -3.79. The SMILES string of the molecule is O=C(O)c1cccc(CCc2ccc(NS(=O)(=O)c3cccc4cccnc34)cc2)c1. The molecule has 0 saturated carbocycles. The van der Waals surface area contributed by atoms with Crippen molar-refractivity contribution >= 4 is 32.6 Å². The lowest BCUT2D eigenvalue weighted by molar-refractivity contribution is 0.0696. The normalized spacial score (nSPS) is 11.4. The van der Waals surface area contributed by atoms with E-state index in [9.17, 15) is 13.2 Å². The maximum absolute atomic E-state index is 12.9. The average Bonchev–Trinajstić information content (AvgIpc) is 2.78. The predicted molar refractivity (Wildman–Crippen MR) is 120 cm³/mol. The minimum Gasteiger partial charge on any atom is -0.478 e. The van der Waals surface area contributed by atoms with Crippen LogP contribution in [0.1, 0.15) is 21.5 Å². The number of aromatic carboxylic acids is 1. The highest BCUT2D eigenvalue weighted by atomic mass is 32.2. The van der Waals surface area contributed by atoms with Crippen LogP contribution >= 0.6 is 0 Å². The molecule has 31 heavy (non-hydrogen) atoms. The van der Waals surface area contributed by atoms with Gasteiger partial charge in [-0.2, -0.15) is 0 Å². The second-order valence-electron chi connectivity index (χ2n) is 7.14. The fraction of sp³-hybridized carbons (Fsp3) is 0.0833. The minimum absolute atomic E-state index is 0.132. The fourth-order valence-corrected chi connectivity index (χ4v) is 4.63. The summed E-state index contributed by atoms with van der Waals surface area (Å²) in [6, 6.07) is 22.7. The Bertz CT molecular complexity index is 1340. The summed E-state index contributed by atoms with van der Waals surface area (Å²) in [5.74, 6) is -0.945. The number of hydrogen-bond acceptors (Lipinski definition) is 4. The molecule has 2 N–H and O–H groups in total. The molecule has 4 rings (SSSR count). The number of nitrogens with zero attached hydrogens (tertiary/aromatic N) is 1. The van der Waals surface area contributed by atoms with Crippen LogP contribution in [0.25, 0.3) is 10.9 Å². The molecule has 3 aromatic carbocycles. The molecule has 0 saturated heterocycles. The van der Waals surface area contributed by atoms with Crippen molar-refractivity contribution in [2.75, 3.05) is 4.72 Å². The number of fused-ring (bicyclic) bond motifs is 1. The van der Waals surface area contributed by atoms with E-state index >= 15 is 0 Å². The molecule has 0 aliphatic rings. The molecule has 0 aliphatic heterocycles. The number of nitrogens with one attached hydrogen (secondary N) is 1. The van der Waals surface area contributed by atoms with Crippen molar-refractivity contribution in [1.82, 2.24) is 4.98 Å². The van der Waals surface area contributed by atoms with Crippen LogP contribution in [-0.2, 0) is 22.9 Å². The fourth-order valence-electron chi connectivity index (χ4n) is 3.39. The van der Waals surface area contributed by atoms with Crippen molar-refractivity contribution in [2.45, 2.75) is 17.7 Å². The Morgan fingerprint density at radius 3 is 2.35 bits per heavy atom. The third kappa shape index (κ3) is 4.73. The summed E-state index contributed by atoms with van der Waals surface area (Å²) < 4.78 is 28.4. The highest BCUT2D eigenvalue weighted by Gasteiger charge is 2.18. The quantitative estimate of drug-likeness (QED) is 0.448. The van der Waals surface area contributed by atoms with Crippen LogP contribution in [0, 0.1) is 0 Å². The van der Waals surface area contributed by atoms with Gasteiger partial charge in [0.05, 0.1) is 11.1 Å². The van der Waals surface area contributed by atoms with E-state index in [2.05, 4.69) is 9.71 Å². The van der Waals surface area contributed by atoms with E-state index in [1.165, 1.54) is 6.07 Å². The van der Waals surface area contributed by atoms with Gasteiger partial charge in [-0.15, -0.1) is 0 Å². The second-order valence-corrected chi connectivity index (χ2v) is 8.79. The Balaban J connectivity index is 1.47. The minimum atomic E-state index is -3.79. The standard InChI is InChI=1S/C24H20N2O4S/c27-24(28)20-6-1-4-18(16-20)10-9-17-11-13-21(14-12-17)26-31(29,30)22-8-2-5-19-7-3-15-25-23(19)22/h1-8,11-16,26H,9-10H2,(H,27,28). The van der Waals surface area contributed by atoms with E-state index in [0.717, 1.165) is 16.5 Å². The number of carboxylic acids is 1. The van der Waals surface area contributed by atoms with Gasteiger partial charge in [0.1, 0.15) is 4.90 Å². The van der Waals surface area contributed by atoms with Crippen molar-refractivity contribution in [3.63, 3.8) is 0 Å². The van der Waals surface area contributed by atoms with Gasteiger partial charge in [-0.1, -0.05) is 42.5 Å². The summed E-state index contributed by atoms with van der Waals surface area (Å²) in [5, 5.41) is 9.86.